The van der Waals surface area contributed by atoms with Crippen LogP contribution in [0.3, 0.4) is 0 Å². The Hall–Kier alpha value is -2.12. The first kappa shape index (κ1) is 15.3. The van der Waals surface area contributed by atoms with Crippen molar-refractivity contribution in [2.24, 2.45) is 0 Å². The molecule has 3 N–H and O–H groups in total. The summed E-state index contributed by atoms with van der Waals surface area (Å²) in [5.74, 6) is -0.336. The van der Waals surface area contributed by atoms with Crippen molar-refractivity contribution < 1.29 is 14.6 Å². The number of imidazole rings is 1. The molecule has 0 aliphatic carbocycles. The molecule has 7 nitrogen and oxygen atoms in total. The van der Waals surface area contributed by atoms with Crippen molar-refractivity contribution >= 4 is 17.3 Å². The number of nitrogen functional groups attached to an aromatic ring is 1. The van der Waals surface area contributed by atoms with Crippen molar-refractivity contribution in [1.29, 1.82) is 0 Å². The van der Waals surface area contributed by atoms with Gasteiger partial charge in [-0.3, -0.25) is 9.69 Å². The van der Waals surface area contributed by atoms with E-state index in [1.165, 1.54) is 7.11 Å². The maximum Gasteiger partial charge on any atom is 0.311 e. The molecule has 2 heterocycles. The topological polar surface area (TPSA) is 93.1 Å². The minimum atomic E-state index is -0.336. The summed E-state index contributed by atoms with van der Waals surface area (Å²) in [6.45, 7) is 1.16. The van der Waals surface area contributed by atoms with Crippen LogP contribution in [-0.2, 0) is 22.5 Å². The molecule has 0 aromatic carbocycles. The van der Waals surface area contributed by atoms with Gasteiger partial charge in [0.25, 0.3) is 0 Å². The smallest absolute Gasteiger partial charge is 0.311 e. The highest BCUT2D eigenvalue weighted by Crippen LogP contribution is 2.17. The molecule has 0 aliphatic rings. The largest absolute Gasteiger partial charge is 0.469 e. The molecule has 0 amide bonds. The van der Waals surface area contributed by atoms with Gasteiger partial charge in [-0.25, -0.2) is 4.98 Å². The predicted molar refractivity (Wildman–Crippen MR) is 78.7 cm³/mol. The van der Waals surface area contributed by atoms with Crippen LogP contribution in [0.25, 0.3) is 5.65 Å². The van der Waals surface area contributed by atoms with Gasteiger partial charge in [-0.15, -0.1) is 0 Å². The Kier molecular flexibility index (Phi) is 4.77. The Bertz CT molecular complexity index is 638. The van der Waals surface area contributed by atoms with Crippen LogP contribution >= 0.6 is 0 Å². The zero-order chi connectivity index (χ0) is 15.4. The number of carbonyl (C=O) groups excluding carboxylic acids is 1. The van der Waals surface area contributed by atoms with E-state index in [0.717, 1.165) is 11.3 Å². The number of ether oxygens (including phenoxy) is 1. The molecule has 0 atom stereocenters. The SMILES string of the molecule is COC(=O)Cc1nc2ccc(N)cn2c1CN(C)CCO. The standard InChI is InChI=1S/C14H20N4O3/c1-17(5-6-19)9-12-11(7-14(20)21-2)16-13-4-3-10(15)8-18(12)13/h3-4,8,19H,5-7,9,15H2,1-2H3. The quantitative estimate of drug-likeness (QED) is 0.731. The van der Waals surface area contributed by atoms with Crippen LogP contribution < -0.4 is 5.73 Å². The molecule has 0 saturated heterocycles. The van der Waals surface area contributed by atoms with Gasteiger partial charge in [0.05, 0.1) is 31.5 Å². The second-order valence-electron chi connectivity index (χ2n) is 4.91. The van der Waals surface area contributed by atoms with Crippen LogP contribution in [0, 0.1) is 0 Å². The van der Waals surface area contributed by atoms with E-state index in [1.807, 2.05) is 22.4 Å². The zero-order valence-electron chi connectivity index (χ0n) is 12.2. The van der Waals surface area contributed by atoms with Crippen LogP contribution in [-0.4, -0.2) is 52.7 Å². The number of nitrogens with two attached hydrogens (primary N) is 1. The Morgan fingerprint density at radius 1 is 1.52 bits per heavy atom. The highest BCUT2D eigenvalue weighted by Gasteiger charge is 2.17. The van der Waals surface area contributed by atoms with Gasteiger partial charge in [0.1, 0.15) is 5.65 Å². The maximum atomic E-state index is 11.5. The Morgan fingerprint density at radius 3 is 2.95 bits per heavy atom. The van der Waals surface area contributed by atoms with E-state index in [0.29, 0.717) is 24.5 Å². The third-order valence-corrected chi connectivity index (χ3v) is 3.26. The van der Waals surface area contributed by atoms with E-state index in [2.05, 4.69) is 4.98 Å². The summed E-state index contributed by atoms with van der Waals surface area (Å²) >= 11 is 0. The van der Waals surface area contributed by atoms with Crippen molar-refractivity contribution in [3.63, 3.8) is 0 Å². The van der Waals surface area contributed by atoms with Gasteiger partial charge >= 0.3 is 5.97 Å². The molecule has 2 aromatic rings. The summed E-state index contributed by atoms with van der Waals surface area (Å²) in [5, 5.41) is 9.02. The van der Waals surface area contributed by atoms with E-state index >= 15 is 0 Å². The molecule has 0 radical (unpaired) electrons. The molecule has 21 heavy (non-hydrogen) atoms. The van der Waals surface area contributed by atoms with Crippen molar-refractivity contribution in [3.05, 3.63) is 29.7 Å². The summed E-state index contributed by atoms with van der Waals surface area (Å²) in [5.41, 5.74) is 8.72. The molecule has 2 rings (SSSR count). The summed E-state index contributed by atoms with van der Waals surface area (Å²) in [4.78, 5) is 18.0. The third kappa shape index (κ3) is 3.50. The van der Waals surface area contributed by atoms with Crippen molar-refractivity contribution in [1.82, 2.24) is 14.3 Å². The summed E-state index contributed by atoms with van der Waals surface area (Å²) in [6.07, 6.45) is 1.89. The zero-order valence-corrected chi connectivity index (χ0v) is 12.2. The maximum absolute atomic E-state index is 11.5. The molecule has 0 bridgehead atoms. The Balaban J connectivity index is 2.42. The number of rotatable bonds is 6. The number of aliphatic hydroxyl groups excluding tert-OH is 1. The van der Waals surface area contributed by atoms with Gasteiger partial charge < -0.3 is 20.0 Å². The second kappa shape index (κ2) is 6.55. The van der Waals surface area contributed by atoms with Crippen LogP contribution in [0.4, 0.5) is 5.69 Å². The fourth-order valence-electron chi connectivity index (χ4n) is 2.18. The second-order valence-corrected chi connectivity index (χ2v) is 4.91. The number of methoxy groups -OCH3 is 1. The van der Waals surface area contributed by atoms with Crippen molar-refractivity contribution in [2.75, 3.05) is 33.0 Å². The number of aliphatic hydroxyl groups is 1. The number of pyridine rings is 1. The highest BCUT2D eigenvalue weighted by atomic mass is 16.5. The summed E-state index contributed by atoms with van der Waals surface area (Å²) in [6, 6.07) is 3.58. The normalized spacial score (nSPS) is 11.2. The molecule has 0 spiro atoms. The highest BCUT2D eigenvalue weighted by molar-refractivity contribution is 5.72. The van der Waals surface area contributed by atoms with Gasteiger partial charge in [0.2, 0.25) is 0 Å². The summed E-state index contributed by atoms with van der Waals surface area (Å²) < 4.78 is 6.59. The minimum Gasteiger partial charge on any atom is -0.469 e. The molecule has 7 heteroatoms. The van der Waals surface area contributed by atoms with E-state index in [1.54, 1.807) is 12.3 Å². The average molecular weight is 292 g/mol. The van der Waals surface area contributed by atoms with Crippen molar-refractivity contribution in [3.8, 4) is 0 Å². The van der Waals surface area contributed by atoms with Gasteiger partial charge in [-0.1, -0.05) is 0 Å². The van der Waals surface area contributed by atoms with Crippen LogP contribution in [0.5, 0.6) is 0 Å². The van der Waals surface area contributed by atoms with Crippen molar-refractivity contribution in [2.45, 2.75) is 13.0 Å². The van der Waals surface area contributed by atoms with E-state index in [4.69, 9.17) is 15.6 Å². The Labute approximate surface area is 122 Å². The number of hydrogen-bond acceptors (Lipinski definition) is 6. The molecular formula is C14H20N4O3. The van der Waals surface area contributed by atoms with E-state index < -0.39 is 0 Å². The van der Waals surface area contributed by atoms with E-state index in [-0.39, 0.29) is 19.0 Å². The molecule has 0 fully saturated rings. The lowest BCUT2D eigenvalue weighted by Crippen LogP contribution is -2.23. The number of esters is 1. The lowest BCUT2D eigenvalue weighted by atomic mass is 10.2. The molecule has 0 saturated carbocycles. The number of aromatic nitrogens is 2. The first-order valence-corrected chi connectivity index (χ1v) is 6.66. The van der Waals surface area contributed by atoms with Gasteiger partial charge in [-0.2, -0.15) is 0 Å². The number of hydrogen-bond donors (Lipinski definition) is 2. The molecular weight excluding hydrogens is 272 g/mol. The number of likely N-dealkylation sites (N-methyl/N-ethyl adjacent to an activating group) is 1. The lowest BCUT2D eigenvalue weighted by molar-refractivity contribution is -0.139. The Morgan fingerprint density at radius 2 is 2.29 bits per heavy atom. The van der Waals surface area contributed by atoms with E-state index in [9.17, 15) is 4.79 Å². The fraction of sp³-hybridized carbons (Fsp3) is 0.429. The number of carbonyl (C=O) groups is 1. The molecule has 0 unspecified atom stereocenters. The monoisotopic (exact) mass is 292 g/mol. The first-order valence-electron chi connectivity index (χ1n) is 6.66. The molecule has 114 valence electrons. The summed E-state index contributed by atoms with van der Waals surface area (Å²) in [7, 11) is 3.25. The number of nitrogens with zero attached hydrogens (tertiary/aromatic N) is 3. The molecule has 2 aromatic heterocycles. The minimum absolute atomic E-state index is 0.0711. The van der Waals surface area contributed by atoms with Gasteiger partial charge in [-0.05, 0) is 19.2 Å². The lowest BCUT2D eigenvalue weighted by Gasteiger charge is -2.15. The average Bonchev–Trinajstić information content (AvgIpc) is 2.76. The fourth-order valence-corrected chi connectivity index (χ4v) is 2.18. The first-order chi connectivity index (χ1) is 10.0. The number of anilines is 1. The number of fused-ring (bicyclic) bond motifs is 1. The van der Waals surface area contributed by atoms with Crippen LogP contribution in [0.1, 0.15) is 11.4 Å². The predicted octanol–water partition coefficient (Wildman–Crippen LogP) is 0.0561. The van der Waals surface area contributed by atoms with Crippen LogP contribution in [0.15, 0.2) is 18.3 Å². The third-order valence-electron chi connectivity index (χ3n) is 3.26. The van der Waals surface area contributed by atoms with Gasteiger partial charge in [0, 0.05) is 25.0 Å². The molecule has 0 aliphatic heterocycles. The van der Waals surface area contributed by atoms with Gasteiger partial charge in [0.15, 0.2) is 0 Å². The van der Waals surface area contributed by atoms with Crippen LogP contribution in [0.2, 0.25) is 0 Å².